The van der Waals surface area contributed by atoms with Gasteiger partial charge in [0, 0.05) is 38.3 Å². The molecule has 0 amide bonds. The maximum atomic E-state index is 13.2. The smallest absolute Gasteiger partial charge is 0.348 e. The van der Waals surface area contributed by atoms with Gasteiger partial charge in [0.1, 0.15) is 17.3 Å². The third kappa shape index (κ3) is 5.64. The van der Waals surface area contributed by atoms with E-state index in [9.17, 15) is 23.2 Å². The second kappa shape index (κ2) is 11.3. The fraction of sp³-hybridized carbons (Fsp3) is 0.517. The molecule has 0 N–H and O–H groups in total. The van der Waals surface area contributed by atoms with Crippen LogP contribution in [0.4, 0.5) is 19.0 Å². The number of nitrogens with zero attached hydrogens (tertiary/aromatic N) is 6. The summed E-state index contributed by atoms with van der Waals surface area (Å²) >= 11 is 0. The number of aromatic nitrogens is 3. The Balaban J connectivity index is 1.78. The maximum Gasteiger partial charge on any atom is 0.416 e. The molecule has 2 aromatic heterocycles. The van der Waals surface area contributed by atoms with Crippen molar-refractivity contribution in [2.45, 2.75) is 71.3 Å². The second-order valence-corrected chi connectivity index (χ2v) is 10.6. The van der Waals surface area contributed by atoms with Gasteiger partial charge in [-0.15, -0.1) is 0 Å². The topological polar surface area (TPSA) is 78.0 Å². The van der Waals surface area contributed by atoms with Crippen molar-refractivity contribution in [1.29, 1.82) is 5.26 Å². The van der Waals surface area contributed by atoms with Crippen molar-refractivity contribution < 1.29 is 13.2 Å². The summed E-state index contributed by atoms with van der Waals surface area (Å²) in [5.74, 6) is 0.656. The van der Waals surface area contributed by atoms with Crippen LogP contribution in [0.25, 0.3) is 11.0 Å². The van der Waals surface area contributed by atoms with Gasteiger partial charge in [-0.2, -0.15) is 23.4 Å². The first-order valence-corrected chi connectivity index (χ1v) is 13.5. The molecule has 1 aromatic carbocycles. The fourth-order valence-corrected chi connectivity index (χ4v) is 5.65. The first-order valence-electron chi connectivity index (χ1n) is 13.5. The van der Waals surface area contributed by atoms with Crippen LogP contribution in [0, 0.1) is 17.2 Å². The number of halogens is 3. The van der Waals surface area contributed by atoms with E-state index >= 15 is 0 Å². The van der Waals surface area contributed by atoms with Gasteiger partial charge in [-0.25, -0.2) is 9.78 Å². The van der Waals surface area contributed by atoms with Gasteiger partial charge in [0.25, 0.3) is 0 Å². The van der Waals surface area contributed by atoms with E-state index in [-0.39, 0.29) is 29.7 Å². The van der Waals surface area contributed by atoms with E-state index in [1.54, 1.807) is 31.3 Å². The van der Waals surface area contributed by atoms with E-state index in [1.807, 2.05) is 0 Å². The molecule has 39 heavy (non-hydrogen) atoms. The molecule has 3 atom stereocenters. The van der Waals surface area contributed by atoms with Gasteiger partial charge in [-0.05, 0) is 48.6 Å². The third-order valence-corrected chi connectivity index (χ3v) is 7.82. The van der Waals surface area contributed by atoms with Gasteiger partial charge in [-0.1, -0.05) is 46.2 Å². The number of hydrogen-bond donors (Lipinski definition) is 0. The first kappa shape index (κ1) is 28.6. The lowest BCUT2D eigenvalue weighted by molar-refractivity contribution is -0.137. The number of alkyl halides is 3. The van der Waals surface area contributed by atoms with E-state index in [4.69, 9.17) is 0 Å². The van der Waals surface area contributed by atoms with Gasteiger partial charge in [0.05, 0.1) is 11.1 Å². The minimum absolute atomic E-state index is 0.0306. The fourth-order valence-electron chi connectivity index (χ4n) is 5.65. The van der Waals surface area contributed by atoms with Crippen LogP contribution in [0.15, 0.2) is 41.2 Å². The van der Waals surface area contributed by atoms with Crippen molar-refractivity contribution in [1.82, 2.24) is 19.4 Å². The molecule has 1 aliphatic rings. The predicted molar refractivity (Wildman–Crippen MR) is 145 cm³/mol. The van der Waals surface area contributed by atoms with Crippen LogP contribution >= 0.6 is 0 Å². The van der Waals surface area contributed by atoms with E-state index in [0.717, 1.165) is 24.8 Å². The zero-order valence-corrected chi connectivity index (χ0v) is 23.0. The highest BCUT2D eigenvalue weighted by atomic mass is 19.4. The quantitative estimate of drug-likeness (QED) is 0.383. The zero-order valence-electron chi connectivity index (χ0n) is 23.0. The number of hydrogen-bond acceptors (Lipinski definition) is 6. The Morgan fingerprint density at radius 1 is 1.08 bits per heavy atom. The lowest BCUT2D eigenvalue weighted by Crippen LogP contribution is -2.61. The molecule has 7 nitrogen and oxygen atoms in total. The minimum atomic E-state index is -4.37. The van der Waals surface area contributed by atoms with Gasteiger partial charge in [0.2, 0.25) is 0 Å². The number of rotatable bonds is 7. The number of nitriles is 1. The molecule has 10 heteroatoms. The minimum Gasteiger partial charge on any atom is -0.348 e. The molecule has 1 fully saturated rings. The van der Waals surface area contributed by atoms with Gasteiger partial charge in [-0.3, -0.25) is 9.47 Å². The molecule has 1 saturated heterocycles. The Bertz CT molecular complexity index is 1410. The predicted octanol–water partition coefficient (Wildman–Crippen LogP) is 5.69. The zero-order chi connectivity index (χ0) is 28.5. The number of anilines is 1. The molecular formula is C29H35F3N6O. The molecule has 1 unspecified atom stereocenters. The SMILES string of the molecule is CCC[C@@H](c1ccc(C(F)(F)F)cc1)N1CC(C(C)C)N(c2nc(=O)n(C)c3ccc(C#N)nc23)C[C@H]1CC. The number of benzene rings is 1. The van der Waals surface area contributed by atoms with E-state index < -0.39 is 17.4 Å². The number of fused-ring (bicyclic) bond motifs is 1. The van der Waals surface area contributed by atoms with Crippen LogP contribution in [0.2, 0.25) is 0 Å². The average Bonchev–Trinajstić information content (AvgIpc) is 2.92. The highest BCUT2D eigenvalue weighted by Gasteiger charge is 2.40. The molecule has 0 spiro atoms. The number of piperazine rings is 1. The summed E-state index contributed by atoms with van der Waals surface area (Å²) in [4.78, 5) is 26.4. The van der Waals surface area contributed by atoms with E-state index in [2.05, 4.69) is 53.5 Å². The average molecular weight is 541 g/mol. The van der Waals surface area contributed by atoms with E-state index in [1.165, 1.54) is 16.7 Å². The second-order valence-electron chi connectivity index (χ2n) is 10.6. The molecule has 3 heterocycles. The molecule has 4 rings (SSSR count). The standard InChI is InChI=1S/C29H35F3N6O/c1-6-8-23(19-9-11-20(12-10-19)29(30,31)32)37-17-25(18(3)4)38(16-22(37)7-2)27-26-24(36(5)28(39)35-27)14-13-21(15-33)34-26/h9-14,18,22-23,25H,6-8,16-17H2,1-5H3/t22-,23+,25?/m1/s1. The van der Waals surface area contributed by atoms with Crippen molar-refractivity contribution >= 4 is 16.9 Å². The molecule has 3 aromatic rings. The largest absolute Gasteiger partial charge is 0.416 e. The summed E-state index contributed by atoms with van der Waals surface area (Å²) in [5, 5.41) is 9.47. The van der Waals surface area contributed by atoms with Crippen molar-refractivity contribution in [3.05, 3.63) is 63.7 Å². The summed E-state index contributed by atoms with van der Waals surface area (Å²) < 4.78 is 41.1. The summed E-state index contributed by atoms with van der Waals surface area (Å²) in [6.45, 7) is 9.65. The van der Waals surface area contributed by atoms with Crippen LogP contribution in [-0.2, 0) is 13.2 Å². The van der Waals surface area contributed by atoms with Crippen molar-refractivity contribution in [3.8, 4) is 6.07 Å². The van der Waals surface area contributed by atoms with Gasteiger partial charge in [0.15, 0.2) is 5.82 Å². The number of aryl methyl sites for hydroxylation is 1. The third-order valence-electron chi connectivity index (χ3n) is 7.82. The first-order chi connectivity index (χ1) is 18.5. The van der Waals surface area contributed by atoms with E-state index in [0.29, 0.717) is 29.9 Å². The molecule has 0 saturated carbocycles. The Hall–Kier alpha value is -3.45. The number of pyridine rings is 1. The summed E-state index contributed by atoms with van der Waals surface area (Å²) in [6.07, 6.45) is -1.87. The summed E-state index contributed by atoms with van der Waals surface area (Å²) in [6, 6.07) is 11.0. The molecule has 0 bridgehead atoms. The Labute approximate surface area is 226 Å². The lowest BCUT2D eigenvalue weighted by Gasteiger charge is -2.51. The van der Waals surface area contributed by atoms with Crippen molar-refractivity contribution in [3.63, 3.8) is 0 Å². The summed E-state index contributed by atoms with van der Waals surface area (Å²) in [7, 11) is 1.64. The van der Waals surface area contributed by atoms with Gasteiger partial charge < -0.3 is 4.90 Å². The van der Waals surface area contributed by atoms with Gasteiger partial charge >= 0.3 is 11.9 Å². The highest BCUT2D eigenvalue weighted by molar-refractivity contribution is 5.86. The normalized spacial score (nSPS) is 19.4. The highest BCUT2D eigenvalue weighted by Crippen LogP contribution is 2.37. The van der Waals surface area contributed by atoms with Crippen LogP contribution in [0.1, 0.15) is 69.8 Å². The Kier molecular flexibility index (Phi) is 8.31. The van der Waals surface area contributed by atoms with Crippen molar-refractivity contribution in [2.75, 3.05) is 18.0 Å². The lowest BCUT2D eigenvalue weighted by atomic mass is 9.90. The molecule has 0 aliphatic carbocycles. The molecule has 1 aliphatic heterocycles. The van der Waals surface area contributed by atoms with Crippen LogP contribution in [0.3, 0.4) is 0 Å². The van der Waals surface area contributed by atoms with Crippen LogP contribution in [0.5, 0.6) is 0 Å². The Morgan fingerprint density at radius 2 is 1.77 bits per heavy atom. The molecule has 208 valence electrons. The van der Waals surface area contributed by atoms with Crippen LogP contribution < -0.4 is 10.6 Å². The maximum absolute atomic E-state index is 13.2. The summed E-state index contributed by atoms with van der Waals surface area (Å²) in [5.41, 5.74) is 1.20. The Morgan fingerprint density at radius 3 is 2.33 bits per heavy atom. The van der Waals surface area contributed by atoms with Crippen LogP contribution in [-0.4, -0.2) is 44.6 Å². The molecule has 0 radical (unpaired) electrons. The van der Waals surface area contributed by atoms with Crippen molar-refractivity contribution in [2.24, 2.45) is 13.0 Å². The monoisotopic (exact) mass is 540 g/mol. The molecular weight excluding hydrogens is 505 g/mol.